The third-order valence-corrected chi connectivity index (χ3v) is 5.25. The Morgan fingerprint density at radius 3 is 2.43 bits per heavy atom. The molecule has 1 unspecified atom stereocenters. The van der Waals surface area contributed by atoms with E-state index in [9.17, 15) is 24.6 Å². The van der Waals surface area contributed by atoms with Gasteiger partial charge in [0.1, 0.15) is 18.0 Å². The first kappa shape index (κ1) is 24.2. The molecule has 1 aliphatic heterocycles. The number of hydrogen-bond acceptors (Lipinski definition) is 7. The fourth-order valence-corrected chi connectivity index (χ4v) is 3.35. The third-order valence-electron chi connectivity index (χ3n) is 5.25. The van der Waals surface area contributed by atoms with Crippen LogP contribution in [0.15, 0.2) is 24.8 Å². The summed E-state index contributed by atoms with van der Waals surface area (Å²) in [6, 6.07) is 0. The molecule has 0 radical (unpaired) electrons. The molecule has 0 aromatic carbocycles. The number of Topliss-reactive ketones (excluding diaryl/α,β-unsaturated/α-hetero) is 2. The fraction of sp³-hybridized carbons (Fsp3) is 0.667. The number of allylic oxidation sites excluding steroid dienone is 1. The maximum atomic E-state index is 12.9. The molecule has 158 valence electrons. The van der Waals surface area contributed by atoms with E-state index in [2.05, 4.69) is 13.2 Å². The van der Waals surface area contributed by atoms with Gasteiger partial charge in [-0.05, 0) is 19.3 Å². The zero-order valence-electron chi connectivity index (χ0n) is 17.1. The smallest absolute Gasteiger partial charge is 0.302 e. The minimum absolute atomic E-state index is 0.0811. The third kappa shape index (κ3) is 5.83. The van der Waals surface area contributed by atoms with E-state index >= 15 is 0 Å². The van der Waals surface area contributed by atoms with Crippen LogP contribution in [0.3, 0.4) is 0 Å². The highest BCUT2D eigenvalue weighted by molar-refractivity contribution is 5.99. The zero-order valence-corrected chi connectivity index (χ0v) is 17.1. The van der Waals surface area contributed by atoms with Crippen molar-refractivity contribution in [3.63, 3.8) is 0 Å². The van der Waals surface area contributed by atoms with Crippen molar-refractivity contribution in [3.05, 3.63) is 24.8 Å². The van der Waals surface area contributed by atoms with Crippen LogP contribution in [0.2, 0.25) is 0 Å². The summed E-state index contributed by atoms with van der Waals surface area (Å²) in [7, 11) is 0. The Kier molecular flexibility index (Phi) is 8.73. The van der Waals surface area contributed by atoms with Crippen molar-refractivity contribution in [2.45, 2.75) is 70.9 Å². The summed E-state index contributed by atoms with van der Waals surface area (Å²) in [5, 5.41) is 21.0. The summed E-state index contributed by atoms with van der Waals surface area (Å²) in [6.07, 6.45) is -0.480. The maximum absolute atomic E-state index is 12.9. The first-order valence-corrected chi connectivity index (χ1v) is 9.52. The van der Waals surface area contributed by atoms with E-state index in [1.54, 1.807) is 19.9 Å². The molecular formula is C21H32O7. The molecule has 0 aliphatic carbocycles. The van der Waals surface area contributed by atoms with Gasteiger partial charge in [0.15, 0.2) is 5.78 Å². The second-order valence-electron chi connectivity index (χ2n) is 7.58. The van der Waals surface area contributed by atoms with Crippen LogP contribution in [-0.2, 0) is 23.9 Å². The molecule has 0 aromatic heterocycles. The SMILES string of the molecule is C=CC[C@H](C)[C@H]1O[C@]1(C)[C@@H](O)[C@@H](COC(C)=O)C(=O)C(=C)C(O)CC(=O)CC. The molecule has 1 aliphatic rings. The van der Waals surface area contributed by atoms with Crippen LogP contribution >= 0.6 is 0 Å². The van der Waals surface area contributed by atoms with Crippen LogP contribution in [0.25, 0.3) is 0 Å². The first-order chi connectivity index (χ1) is 13.0. The molecule has 1 heterocycles. The van der Waals surface area contributed by atoms with E-state index in [0.29, 0.717) is 6.42 Å². The number of aliphatic hydroxyl groups excluding tert-OH is 2. The van der Waals surface area contributed by atoms with Crippen molar-refractivity contribution in [2.75, 3.05) is 6.61 Å². The van der Waals surface area contributed by atoms with Gasteiger partial charge in [0.2, 0.25) is 0 Å². The van der Waals surface area contributed by atoms with Crippen molar-refractivity contribution in [2.24, 2.45) is 11.8 Å². The van der Waals surface area contributed by atoms with Crippen LogP contribution in [0, 0.1) is 11.8 Å². The molecule has 1 fully saturated rings. The molecule has 1 rings (SSSR count). The van der Waals surface area contributed by atoms with Crippen LogP contribution in [0.1, 0.15) is 47.0 Å². The molecule has 2 N–H and O–H groups in total. The Morgan fingerprint density at radius 1 is 1.32 bits per heavy atom. The number of carbonyl (C=O) groups excluding carboxylic acids is 3. The predicted octanol–water partition coefficient (Wildman–Crippen LogP) is 1.75. The largest absolute Gasteiger partial charge is 0.465 e. The Labute approximate surface area is 166 Å². The number of ether oxygens (including phenoxy) is 2. The van der Waals surface area contributed by atoms with Crippen LogP contribution < -0.4 is 0 Å². The first-order valence-electron chi connectivity index (χ1n) is 9.52. The molecule has 7 heteroatoms. The van der Waals surface area contributed by atoms with Gasteiger partial charge < -0.3 is 19.7 Å². The van der Waals surface area contributed by atoms with Gasteiger partial charge in [-0.2, -0.15) is 0 Å². The predicted molar refractivity (Wildman–Crippen MR) is 103 cm³/mol. The molecule has 0 amide bonds. The van der Waals surface area contributed by atoms with Gasteiger partial charge in [0.25, 0.3) is 0 Å². The average Bonchev–Trinajstić information content (AvgIpc) is 3.33. The summed E-state index contributed by atoms with van der Waals surface area (Å²) in [5.41, 5.74) is -1.19. The Morgan fingerprint density at radius 2 is 1.93 bits per heavy atom. The average molecular weight is 396 g/mol. The second-order valence-corrected chi connectivity index (χ2v) is 7.58. The normalized spacial score (nSPS) is 25.1. The number of epoxide rings is 1. The lowest BCUT2D eigenvalue weighted by molar-refractivity contribution is -0.146. The summed E-state index contributed by atoms with van der Waals surface area (Å²) < 4.78 is 10.7. The lowest BCUT2D eigenvalue weighted by Gasteiger charge is -2.27. The summed E-state index contributed by atoms with van der Waals surface area (Å²) in [5.74, 6) is -2.55. The van der Waals surface area contributed by atoms with Gasteiger partial charge >= 0.3 is 5.97 Å². The topological polar surface area (TPSA) is 113 Å². The van der Waals surface area contributed by atoms with Crippen molar-refractivity contribution in [3.8, 4) is 0 Å². The Hall–Kier alpha value is -1.83. The molecule has 1 saturated heterocycles. The number of hydrogen-bond donors (Lipinski definition) is 2. The molecule has 0 bridgehead atoms. The van der Waals surface area contributed by atoms with Crippen molar-refractivity contribution < 1.29 is 34.1 Å². The number of esters is 1. The van der Waals surface area contributed by atoms with Crippen LogP contribution in [0.4, 0.5) is 0 Å². The number of ketones is 2. The van der Waals surface area contributed by atoms with E-state index in [1.807, 2.05) is 6.92 Å². The molecule has 0 aromatic rings. The molecule has 28 heavy (non-hydrogen) atoms. The zero-order chi connectivity index (χ0) is 21.6. The highest BCUT2D eigenvalue weighted by atomic mass is 16.6. The van der Waals surface area contributed by atoms with E-state index in [4.69, 9.17) is 9.47 Å². The minimum Gasteiger partial charge on any atom is -0.465 e. The van der Waals surface area contributed by atoms with Gasteiger partial charge in [-0.25, -0.2) is 0 Å². The van der Waals surface area contributed by atoms with Crippen LogP contribution in [-0.4, -0.2) is 58.3 Å². The minimum atomic E-state index is -1.35. The maximum Gasteiger partial charge on any atom is 0.302 e. The summed E-state index contributed by atoms with van der Waals surface area (Å²) in [6.45, 7) is 13.4. The van der Waals surface area contributed by atoms with Crippen molar-refractivity contribution >= 4 is 17.5 Å². The van der Waals surface area contributed by atoms with Gasteiger partial charge in [-0.15, -0.1) is 6.58 Å². The molecule has 0 spiro atoms. The highest BCUT2D eigenvalue weighted by Crippen LogP contribution is 2.47. The van der Waals surface area contributed by atoms with Gasteiger partial charge in [-0.1, -0.05) is 26.5 Å². The molecule has 0 saturated carbocycles. The number of carbonyl (C=O) groups is 3. The van der Waals surface area contributed by atoms with Gasteiger partial charge in [0, 0.05) is 25.3 Å². The standard InChI is InChI=1S/C21H32O7/c1-7-9-12(3)20-21(6,28-20)19(26)16(11-27-14(5)22)18(25)13(4)17(24)10-15(23)8-2/h7,12,16-17,19-20,24,26H,1,4,8-11H2,2-3,5-6H3/t12-,16-,17?,19-,20+,21+/m0/s1. The number of rotatable bonds is 13. The van der Waals surface area contributed by atoms with E-state index in [-0.39, 0.29) is 42.8 Å². The Balaban J connectivity index is 2.97. The molecule has 6 atom stereocenters. The Bertz CT molecular complexity index is 626. The second kappa shape index (κ2) is 10.1. The van der Waals surface area contributed by atoms with E-state index in [0.717, 1.165) is 0 Å². The van der Waals surface area contributed by atoms with Gasteiger partial charge in [-0.3, -0.25) is 14.4 Å². The summed E-state index contributed by atoms with van der Waals surface area (Å²) in [4.78, 5) is 35.7. The lowest BCUT2D eigenvalue weighted by Crippen LogP contribution is -2.45. The molecular weight excluding hydrogens is 364 g/mol. The van der Waals surface area contributed by atoms with Crippen molar-refractivity contribution in [1.29, 1.82) is 0 Å². The van der Waals surface area contributed by atoms with Crippen molar-refractivity contribution in [1.82, 2.24) is 0 Å². The van der Waals surface area contributed by atoms with E-state index < -0.39 is 35.5 Å². The number of aliphatic hydroxyl groups is 2. The highest BCUT2D eigenvalue weighted by Gasteiger charge is 2.62. The van der Waals surface area contributed by atoms with Crippen LogP contribution in [0.5, 0.6) is 0 Å². The van der Waals surface area contributed by atoms with Gasteiger partial charge in [0.05, 0.1) is 24.2 Å². The summed E-state index contributed by atoms with van der Waals surface area (Å²) >= 11 is 0. The fourth-order valence-electron chi connectivity index (χ4n) is 3.35. The lowest BCUT2D eigenvalue weighted by atomic mass is 9.81. The molecule has 7 nitrogen and oxygen atoms in total. The monoisotopic (exact) mass is 396 g/mol. The van der Waals surface area contributed by atoms with E-state index in [1.165, 1.54) is 6.92 Å². The quantitative estimate of drug-likeness (QED) is 0.211.